The Balaban J connectivity index is 2.99. The molecular weight excluding hydrogens is 224 g/mol. The molecule has 7 nitrogen and oxygen atoms in total. The molecule has 0 aromatic carbocycles. The first-order chi connectivity index (χ1) is 8.04. The number of anilines is 1. The van der Waals surface area contributed by atoms with Crippen molar-refractivity contribution in [2.45, 2.75) is 6.42 Å². The Labute approximate surface area is 97.2 Å². The second kappa shape index (κ2) is 5.46. The van der Waals surface area contributed by atoms with Crippen molar-refractivity contribution in [2.24, 2.45) is 5.73 Å². The molecule has 0 bridgehead atoms. The van der Waals surface area contributed by atoms with Crippen LogP contribution in [0.4, 0.5) is 5.82 Å². The minimum Gasteiger partial charge on any atom is -0.464 e. The summed E-state index contributed by atoms with van der Waals surface area (Å²) in [6, 6.07) is 0. The number of nitrogens with zero attached hydrogens (tertiary/aromatic N) is 2. The van der Waals surface area contributed by atoms with Crippen molar-refractivity contribution >= 4 is 17.7 Å². The molecule has 1 aromatic rings. The van der Waals surface area contributed by atoms with E-state index >= 15 is 0 Å². The fourth-order valence-electron chi connectivity index (χ4n) is 0.927. The normalized spacial score (nSPS) is 9.00. The van der Waals surface area contributed by atoms with E-state index in [2.05, 4.69) is 26.5 Å². The van der Waals surface area contributed by atoms with E-state index in [9.17, 15) is 9.59 Å². The summed E-state index contributed by atoms with van der Waals surface area (Å²) in [6.45, 7) is 0. The third kappa shape index (κ3) is 3.46. The molecule has 1 aromatic heterocycles. The van der Waals surface area contributed by atoms with Gasteiger partial charge in [-0.2, -0.15) is 0 Å². The zero-order valence-electron chi connectivity index (χ0n) is 9.06. The predicted molar refractivity (Wildman–Crippen MR) is 58.5 cm³/mol. The quantitative estimate of drug-likeness (QED) is 0.503. The second-order valence-electron chi connectivity index (χ2n) is 2.93. The van der Waals surface area contributed by atoms with E-state index in [1.807, 2.05) is 0 Å². The molecule has 0 atom stereocenters. The molecule has 0 unspecified atom stereocenters. The van der Waals surface area contributed by atoms with Gasteiger partial charge in [0, 0.05) is 0 Å². The Bertz CT molecular complexity index is 516. The van der Waals surface area contributed by atoms with Gasteiger partial charge in [0.05, 0.1) is 19.7 Å². The molecule has 1 amide bonds. The molecule has 0 aliphatic carbocycles. The molecule has 1 rings (SSSR count). The van der Waals surface area contributed by atoms with E-state index in [1.165, 1.54) is 13.3 Å². The maximum Gasteiger partial charge on any atom is 0.360 e. The fraction of sp³-hybridized carbons (Fsp3) is 0.200. The molecule has 0 aliphatic rings. The van der Waals surface area contributed by atoms with Crippen molar-refractivity contribution in [1.82, 2.24) is 9.97 Å². The number of primary amides is 1. The van der Waals surface area contributed by atoms with Gasteiger partial charge < -0.3 is 16.2 Å². The van der Waals surface area contributed by atoms with E-state index in [1.54, 1.807) is 0 Å². The Morgan fingerprint density at radius 2 is 2.24 bits per heavy atom. The predicted octanol–water partition coefficient (Wildman–Crippen LogP) is -0.928. The lowest BCUT2D eigenvalue weighted by atomic mass is 10.3. The number of nitrogens with two attached hydrogens (primary N) is 2. The number of methoxy groups -OCH3 is 1. The van der Waals surface area contributed by atoms with Crippen molar-refractivity contribution in [3.05, 3.63) is 17.6 Å². The number of amides is 1. The number of hydrogen-bond acceptors (Lipinski definition) is 6. The van der Waals surface area contributed by atoms with Gasteiger partial charge in [-0.1, -0.05) is 5.92 Å². The molecule has 7 heteroatoms. The van der Waals surface area contributed by atoms with Gasteiger partial charge in [-0.05, 0) is 5.92 Å². The number of carbonyl (C=O) groups is 2. The van der Waals surface area contributed by atoms with Crippen molar-refractivity contribution < 1.29 is 14.3 Å². The second-order valence-corrected chi connectivity index (χ2v) is 2.93. The van der Waals surface area contributed by atoms with Crippen LogP contribution in [-0.4, -0.2) is 29.0 Å². The van der Waals surface area contributed by atoms with Crippen LogP contribution in [0.3, 0.4) is 0 Å². The first-order valence-electron chi connectivity index (χ1n) is 4.52. The molecule has 0 radical (unpaired) electrons. The summed E-state index contributed by atoms with van der Waals surface area (Å²) in [5, 5.41) is 0. The van der Waals surface area contributed by atoms with Crippen LogP contribution in [0.15, 0.2) is 6.20 Å². The molecule has 0 fully saturated rings. The first-order valence-corrected chi connectivity index (χ1v) is 4.52. The lowest BCUT2D eigenvalue weighted by molar-refractivity contribution is -0.117. The molecule has 88 valence electrons. The van der Waals surface area contributed by atoms with Crippen LogP contribution in [-0.2, 0) is 9.53 Å². The average Bonchev–Trinajstić information content (AvgIpc) is 2.30. The van der Waals surface area contributed by atoms with E-state index in [0.717, 1.165) is 0 Å². The number of aromatic nitrogens is 2. The molecule has 1 heterocycles. The maximum atomic E-state index is 11.2. The number of carbonyl (C=O) groups excluding carboxylic acids is 2. The van der Waals surface area contributed by atoms with E-state index in [0.29, 0.717) is 0 Å². The third-order valence-electron chi connectivity index (χ3n) is 1.66. The van der Waals surface area contributed by atoms with Gasteiger partial charge in [-0.3, -0.25) is 4.79 Å². The van der Waals surface area contributed by atoms with Gasteiger partial charge in [0.1, 0.15) is 5.69 Å². The number of rotatable bonds is 2. The minimum atomic E-state index is -0.700. The van der Waals surface area contributed by atoms with Crippen LogP contribution < -0.4 is 11.5 Å². The number of ether oxygens (including phenoxy) is 1. The fourth-order valence-corrected chi connectivity index (χ4v) is 0.927. The minimum absolute atomic E-state index is 0.0442. The Morgan fingerprint density at radius 3 is 2.82 bits per heavy atom. The van der Waals surface area contributed by atoms with Crippen molar-refractivity contribution in [2.75, 3.05) is 12.8 Å². The lowest BCUT2D eigenvalue weighted by Gasteiger charge is -2.01. The zero-order chi connectivity index (χ0) is 12.8. The summed E-state index contributed by atoms with van der Waals surface area (Å²) in [7, 11) is 1.20. The molecule has 0 saturated heterocycles. The summed E-state index contributed by atoms with van der Waals surface area (Å²) in [4.78, 5) is 29.3. The van der Waals surface area contributed by atoms with Gasteiger partial charge in [0.2, 0.25) is 5.91 Å². The highest BCUT2D eigenvalue weighted by Crippen LogP contribution is 2.06. The van der Waals surface area contributed by atoms with Crippen LogP contribution in [0.1, 0.15) is 22.6 Å². The molecular formula is C10H10N4O3. The van der Waals surface area contributed by atoms with Crippen molar-refractivity contribution in [3.8, 4) is 11.8 Å². The van der Waals surface area contributed by atoms with Crippen LogP contribution in [0.2, 0.25) is 0 Å². The molecule has 0 aliphatic heterocycles. The SMILES string of the molecule is COC(=O)c1nc(C#CCC(N)=O)cnc1N. The van der Waals surface area contributed by atoms with Gasteiger partial charge in [0.15, 0.2) is 11.5 Å². The highest BCUT2D eigenvalue weighted by molar-refractivity contribution is 5.91. The Kier molecular flexibility index (Phi) is 4.00. The van der Waals surface area contributed by atoms with Crippen LogP contribution >= 0.6 is 0 Å². The van der Waals surface area contributed by atoms with Crippen LogP contribution in [0, 0.1) is 11.8 Å². The van der Waals surface area contributed by atoms with Gasteiger partial charge in [-0.15, -0.1) is 0 Å². The molecule has 17 heavy (non-hydrogen) atoms. The largest absolute Gasteiger partial charge is 0.464 e. The van der Waals surface area contributed by atoms with Crippen LogP contribution in [0.25, 0.3) is 0 Å². The average molecular weight is 234 g/mol. The van der Waals surface area contributed by atoms with E-state index < -0.39 is 11.9 Å². The summed E-state index contributed by atoms with van der Waals surface area (Å²) in [5.74, 6) is 3.73. The van der Waals surface area contributed by atoms with E-state index in [4.69, 9.17) is 11.5 Å². The summed E-state index contributed by atoms with van der Waals surface area (Å²) in [6.07, 6.45) is 1.19. The van der Waals surface area contributed by atoms with Gasteiger partial charge >= 0.3 is 5.97 Å². The van der Waals surface area contributed by atoms with E-state index in [-0.39, 0.29) is 23.6 Å². The molecule has 0 saturated carbocycles. The maximum absolute atomic E-state index is 11.2. The standard InChI is InChI=1S/C10H10N4O3/c1-17-10(16)8-9(12)13-5-6(14-8)3-2-4-7(11)15/h5H,4H2,1H3,(H2,11,15)(H2,12,13). The van der Waals surface area contributed by atoms with Crippen molar-refractivity contribution in [1.29, 1.82) is 0 Å². The number of esters is 1. The summed E-state index contributed by atoms with van der Waals surface area (Å²) in [5.41, 5.74) is 10.5. The summed E-state index contributed by atoms with van der Waals surface area (Å²) < 4.78 is 4.47. The highest BCUT2D eigenvalue weighted by Gasteiger charge is 2.13. The first kappa shape index (κ1) is 12.4. The van der Waals surface area contributed by atoms with Crippen molar-refractivity contribution in [3.63, 3.8) is 0 Å². The monoisotopic (exact) mass is 234 g/mol. The van der Waals surface area contributed by atoms with Gasteiger partial charge in [0.25, 0.3) is 0 Å². The van der Waals surface area contributed by atoms with Gasteiger partial charge in [-0.25, -0.2) is 14.8 Å². The summed E-state index contributed by atoms with van der Waals surface area (Å²) >= 11 is 0. The molecule has 0 spiro atoms. The smallest absolute Gasteiger partial charge is 0.360 e. The molecule has 4 N–H and O–H groups in total. The Morgan fingerprint density at radius 1 is 1.53 bits per heavy atom. The Hall–Kier alpha value is -2.62. The lowest BCUT2D eigenvalue weighted by Crippen LogP contribution is -2.11. The zero-order valence-corrected chi connectivity index (χ0v) is 9.06. The number of nitrogen functional groups attached to an aromatic ring is 1. The highest BCUT2D eigenvalue weighted by atomic mass is 16.5. The topological polar surface area (TPSA) is 121 Å². The van der Waals surface area contributed by atoms with Crippen LogP contribution in [0.5, 0.6) is 0 Å². The third-order valence-corrected chi connectivity index (χ3v) is 1.66. The number of hydrogen-bond donors (Lipinski definition) is 2.